The molecule has 3 heteroatoms. The molecular weight excluding hydrogens is 120 g/mol. The molecule has 2 N–H and O–H groups in total. The van der Waals surface area contributed by atoms with Gasteiger partial charge in [0.2, 0.25) is 0 Å². The van der Waals surface area contributed by atoms with Gasteiger partial charge in [-0.05, 0) is 0 Å². The van der Waals surface area contributed by atoms with E-state index in [0.29, 0.717) is 19.1 Å². The summed E-state index contributed by atoms with van der Waals surface area (Å²) in [7, 11) is 0. The predicted octanol–water partition coefficient (Wildman–Crippen LogP) is -0.539. The van der Waals surface area contributed by atoms with E-state index in [9.17, 15) is 9.90 Å². The third-order valence-electron chi connectivity index (χ3n) is 1.69. The van der Waals surface area contributed by atoms with E-state index in [2.05, 4.69) is 0 Å². The molecule has 0 aliphatic heterocycles. The zero-order valence-corrected chi connectivity index (χ0v) is 5.08. The second-order valence-electron chi connectivity index (χ2n) is 2.66. The third kappa shape index (κ3) is 1.28. The van der Waals surface area contributed by atoms with Crippen molar-refractivity contribution in [1.29, 1.82) is 0 Å². The molecule has 1 aliphatic carbocycles. The number of rotatable bonds is 2. The first-order valence-corrected chi connectivity index (χ1v) is 3.00. The van der Waals surface area contributed by atoms with Crippen molar-refractivity contribution >= 4 is 6.29 Å². The highest BCUT2D eigenvalue weighted by Gasteiger charge is 2.40. The van der Waals surface area contributed by atoms with E-state index >= 15 is 0 Å². The summed E-state index contributed by atoms with van der Waals surface area (Å²) in [6.07, 6.45) is 1.16. The van der Waals surface area contributed by atoms with Gasteiger partial charge in [-0.3, -0.25) is 0 Å². The molecular formula is C6H10O3. The van der Waals surface area contributed by atoms with Crippen LogP contribution in [0, 0.1) is 0 Å². The highest BCUT2D eigenvalue weighted by molar-refractivity contribution is 5.51. The Morgan fingerprint density at radius 2 is 2.22 bits per heavy atom. The van der Waals surface area contributed by atoms with E-state index < -0.39 is 11.7 Å². The molecule has 9 heavy (non-hydrogen) atoms. The number of aliphatic hydroxyl groups excluding tert-OH is 1. The number of hydrogen-bond donors (Lipinski definition) is 2. The Balaban J connectivity index is 2.31. The van der Waals surface area contributed by atoms with Gasteiger partial charge >= 0.3 is 0 Å². The normalized spacial score (nSPS) is 41.8. The summed E-state index contributed by atoms with van der Waals surface area (Å²) in [6.45, 7) is 0. The van der Waals surface area contributed by atoms with Gasteiger partial charge < -0.3 is 15.0 Å². The molecule has 0 atom stereocenters. The van der Waals surface area contributed by atoms with Gasteiger partial charge in [-0.15, -0.1) is 0 Å². The van der Waals surface area contributed by atoms with Crippen LogP contribution in [-0.4, -0.2) is 28.2 Å². The molecule has 52 valence electrons. The van der Waals surface area contributed by atoms with Crippen molar-refractivity contribution in [3.05, 3.63) is 0 Å². The minimum Gasteiger partial charge on any atom is -0.393 e. The molecule has 0 aromatic heterocycles. The van der Waals surface area contributed by atoms with Crippen molar-refractivity contribution in [2.45, 2.75) is 31.0 Å². The molecule has 3 nitrogen and oxygen atoms in total. The summed E-state index contributed by atoms with van der Waals surface area (Å²) < 4.78 is 0. The van der Waals surface area contributed by atoms with Crippen molar-refractivity contribution in [3.8, 4) is 0 Å². The van der Waals surface area contributed by atoms with Crippen LogP contribution in [0.3, 0.4) is 0 Å². The molecule has 0 amide bonds. The first-order chi connectivity index (χ1) is 4.16. The number of aliphatic hydroxyl groups is 2. The molecule has 0 aromatic rings. The lowest BCUT2D eigenvalue weighted by Gasteiger charge is -2.39. The molecule has 0 aromatic carbocycles. The van der Waals surface area contributed by atoms with Crippen molar-refractivity contribution < 1.29 is 15.0 Å². The van der Waals surface area contributed by atoms with E-state index in [-0.39, 0.29) is 6.42 Å². The Morgan fingerprint density at radius 1 is 1.67 bits per heavy atom. The Morgan fingerprint density at radius 3 is 2.56 bits per heavy atom. The van der Waals surface area contributed by atoms with Gasteiger partial charge in [0.05, 0.1) is 11.7 Å². The molecule has 0 heterocycles. The van der Waals surface area contributed by atoms with Gasteiger partial charge in [0, 0.05) is 19.3 Å². The van der Waals surface area contributed by atoms with Crippen LogP contribution in [0.1, 0.15) is 19.3 Å². The average Bonchev–Trinajstić information content (AvgIpc) is 1.62. The maximum Gasteiger partial charge on any atom is 0.122 e. The second kappa shape index (κ2) is 2.08. The summed E-state index contributed by atoms with van der Waals surface area (Å²) in [6, 6.07) is 0. The van der Waals surface area contributed by atoms with Crippen LogP contribution >= 0.6 is 0 Å². The number of hydrogen-bond acceptors (Lipinski definition) is 3. The number of aldehydes is 1. The van der Waals surface area contributed by atoms with Crippen molar-refractivity contribution in [2.75, 3.05) is 0 Å². The second-order valence-corrected chi connectivity index (χ2v) is 2.66. The van der Waals surface area contributed by atoms with Crippen molar-refractivity contribution in [2.24, 2.45) is 0 Å². The van der Waals surface area contributed by atoms with Gasteiger partial charge in [-0.1, -0.05) is 0 Å². The fourth-order valence-corrected chi connectivity index (χ4v) is 1.14. The molecule has 1 rings (SSSR count). The van der Waals surface area contributed by atoms with Gasteiger partial charge in [0.25, 0.3) is 0 Å². The smallest absolute Gasteiger partial charge is 0.122 e. The summed E-state index contributed by atoms with van der Waals surface area (Å²) in [5.74, 6) is 0. The van der Waals surface area contributed by atoms with Crippen molar-refractivity contribution in [3.63, 3.8) is 0 Å². The topological polar surface area (TPSA) is 57.5 Å². The molecule has 1 fully saturated rings. The maximum absolute atomic E-state index is 9.88. The van der Waals surface area contributed by atoms with E-state index in [4.69, 9.17) is 5.11 Å². The minimum absolute atomic E-state index is 0.157. The molecule has 1 saturated carbocycles. The van der Waals surface area contributed by atoms with E-state index in [0.717, 1.165) is 0 Å². The minimum atomic E-state index is -0.874. The van der Waals surface area contributed by atoms with Gasteiger partial charge in [0.1, 0.15) is 6.29 Å². The van der Waals surface area contributed by atoms with E-state index in [1.54, 1.807) is 0 Å². The Hall–Kier alpha value is -0.410. The van der Waals surface area contributed by atoms with Crippen LogP contribution in [0.15, 0.2) is 0 Å². The van der Waals surface area contributed by atoms with Gasteiger partial charge in [-0.25, -0.2) is 0 Å². The Bertz CT molecular complexity index is 115. The van der Waals surface area contributed by atoms with Gasteiger partial charge in [0.15, 0.2) is 0 Å². The Kier molecular flexibility index (Phi) is 1.55. The largest absolute Gasteiger partial charge is 0.393 e. The molecule has 0 unspecified atom stereocenters. The van der Waals surface area contributed by atoms with Crippen LogP contribution < -0.4 is 0 Å². The lowest BCUT2D eigenvalue weighted by atomic mass is 9.76. The number of carbonyl (C=O) groups is 1. The van der Waals surface area contributed by atoms with Gasteiger partial charge in [-0.2, -0.15) is 0 Å². The average molecular weight is 130 g/mol. The fourth-order valence-electron chi connectivity index (χ4n) is 1.14. The summed E-state index contributed by atoms with van der Waals surface area (Å²) in [5.41, 5.74) is -0.874. The first kappa shape index (κ1) is 6.71. The lowest BCUT2D eigenvalue weighted by Crippen LogP contribution is -2.47. The molecule has 0 radical (unpaired) electrons. The van der Waals surface area contributed by atoms with Crippen LogP contribution in [-0.2, 0) is 4.79 Å². The SMILES string of the molecule is O=CCC1(O)CC(O)C1. The molecule has 0 saturated heterocycles. The summed E-state index contributed by atoms with van der Waals surface area (Å²) in [4.78, 5) is 9.88. The predicted molar refractivity (Wildman–Crippen MR) is 30.9 cm³/mol. The zero-order valence-electron chi connectivity index (χ0n) is 5.08. The quantitative estimate of drug-likeness (QED) is 0.493. The Labute approximate surface area is 53.3 Å². The van der Waals surface area contributed by atoms with Crippen LogP contribution in [0.25, 0.3) is 0 Å². The third-order valence-corrected chi connectivity index (χ3v) is 1.69. The molecule has 0 spiro atoms. The monoisotopic (exact) mass is 130 g/mol. The highest BCUT2D eigenvalue weighted by atomic mass is 16.3. The molecule has 1 aliphatic rings. The number of carbonyl (C=O) groups excluding carboxylic acids is 1. The van der Waals surface area contributed by atoms with E-state index in [1.165, 1.54) is 0 Å². The summed E-state index contributed by atoms with van der Waals surface area (Å²) >= 11 is 0. The van der Waals surface area contributed by atoms with Crippen LogP contribution in [0.4, 0.5) is 0 Å². The standard InChI is InChI=1S/C6H10O3/c7-2-1-6(9)3-5(8)4-6/h2,5,8-9H,1,3-4H2. The van der Waals surface area contributed by atoms with Crippen molar-refractivity contribution in [1.82, 2.24) is 0 Å². The first-order valence-electron chi connectivity index (χ1n) is 3.00. The fraction of sp³-hybridized carbons (Fsp3) is 0.833. The maximum atomic E-state index is 9.88. The zero-order chi connectivity index (χ0) is 6.91. The summed E-state index contributed by atoms with van der Waals surface area (Å²) in [5, 5.41) is 17.9. The van der Waals surface area contributed by atoms with E-state index in [1.807, 2.05) is 0 Å². The van der Waals surface area contributed by atoms with Crippen LogP contribution in [0.5, 0.6) is 0 Å². The van der Waals surface area contributed by atoms with Crippen LogP contribution in [0.2, 0.25) is 0 Å². The highest BCUT2D eigenvalue weighted by Crippen LogP contribution is 2.33. The lowest BCUT2D eigenvalue weighted by molar-refractivity contribution is -0.132. The molecule has 0 bridgehead atoms.